The van der Waals surface area contributed by atoms with E-state index < -0.39 is 24.8 Å². The maximum absolute atomic E-state index is 11.9. The van der Waals surface area contributed by atoms with Crippen molar-refractivity contribution in [3.8, 4) is 0 Å². The molecule has 0 radical (unpaired) electrons. The predicted octanol–water partition coefficient (Wildman–Crippen LogP) is 0.405. The van der Waals surface area contributed by atoms with E-state index in [4.69, 9.17) is 5.11 Å². The Morgan fingerprint density at radius 1 is 1.53 bits per heavy atom. The van der Waals surface area contributed by atoms with Crippen molar-refractivity contribution >= 4 is 5.97 Å². The number of aliphatic hydroxyl groups is 1. The zero-order chi connectivity index (χ0) is 12.1. The predicted molar refractivity (Wildman–Crippen MR) is 46.2 cm³/mol. The molecule has 0 aliphatic rings. The number of carbonyl (C=O) groups is 1. The van der Waals surface area contributed by atoms with Crippen LogP contribution in [0.2, 0.25) is 0 Å². The second kappa shape index (κ2) is 5.92. The third-order valence-corrected chi connectivity index (χ3v) is 1.57. The fourth-order valence-corrected chi connectivity index (χ4v) is 0.890. The molecule has 4 nitrogen and oxygen atoms in total. The second-order valence-corrected chi connectivity index (χ2v) is 3.06. The van der Waals surface area contributed by atoms with Gasteiger partial charge in [-0.05, 0) is 14.0 Å². The lowest BCUT2D eigenvalue weighted by atomic mass is 10.3. The molecule has 0 fully saturated rings. The summed E-state index contributed by atoms with van der Waals surface area (Å²) < 4.78 is 40.2. The molecule has 1 N–H and O–H groups in total. The molecular weight excluding hydrogens is 215 g/mol. The number of likely N-dealkylation sites (N-methyl/N-ethyl adjacent to an activating group) is 1. The summed E-state index contributed by atoms with van der Waals surface area (Å²) in [7, 11) is 1.30. The van der Waals surface area contributed by atoms with E-state index in [2.05, 4.69) is 4.74 Å². The average molecular weight is 229 g/mol. The van der Waals surface area contributed by atoms with Crippen LogP contribution < -0.4 is 0 Å². The SMILES string of the molecule is CCOC(=O)CN(C)CC(O)C(F)(F)F. The number of nitrogens with zero attached hydrogens (tertiary/aromatic N) is 1. The molecule has 0 aliphatic carbocycles. The molecule has 15 heavy (non-hydrogen) atoms. The molecule has 0 heterocycles. The molecule has 0 saturated carbocycles. The van der Waals surface area contributed by atoms with Crippen LogP contribution in [0.15, 0.2) is 0 Å². The van der Waals surface area contributed by atoms with Crippen LogP contribution in [0.4, 0.5) is 13.2 Å². The Bertz CT molecular complexity index is 208. The Labute approximate surface area is 85.6 Å². The highest BCUT2D eigenvalue weighted by molar-refractivity contribution is 5.71. The first kappa shape index (κ1) is 14.2. The molecule has 0 aromatic heterocycles. The first-order valence-corrected chi connectivity index (χ1v) is 4.36. The Morgan fingerprint density at radius 2 is 2.07 bits per heavy atom. The van der Waals surface area contributed by atoms with Crippen molar-refractivity contribution in [1.29, 1.82) is 0 Å². The Kier molecular flexibility index (Phi) is 5.59. The molecule has 1 atom stereocenters. The van der Waals surface area contributed by atoms with E-state index >= 15 is 0 Å². The van der Waals surface area contributed by atoms with Gasteiger partial charge in [-0.3, -0.25) is 9.69 Å². The van der Waals surface area contributed by atoms with Crippen LogP contribution in [0.3, 0.4) is 0 Å². The molecule has 90 valence electrons. The van der Waals surface area contributed by atoms with Crippen molar-refractivity contribution in [2.24, 2.45) is 0 Å². The van der Waals surface area contributed by atoms with E-state index in [1.807, 2.05) is 0 Å². The van der Waals surface area contributed by atoms with Gasteiger partial charge in [-0.1, -0.05) is 0 Å². The largest absolute Gasteiger partial charge is 0.465 e. The number of alkyl halides is 3. The number of halogens is 3. The number of aliphatic hydroxyl groups excluding tert-OH is 1. The van der Waals surface area contributed by atoms with Crippen LogP contribution in [0.5, 0.6) is 0 Å². The topological polar surface area (TPSA) is 49.8 Å². The van der Waals surface area contributed by atoms with E-state index in [0.29, 0.717) is 0 Å². The normalized spacial score (nSPS) is 14.1. The minimum Gasteiger partial charge on any atom is -0.465 e. The van der Waals surface area contributed by atoms with Gasteiger partial charge in [0.2, 0.25) is 0 Å². The Morgan fingerprint density at radius 3 is 2.47 bits per heavy atom. The summed E-state index contributed by atoms with van der Waals surface area (Å²) in [5.41, 5.74) is 0. The van der Waals surface area contributed by atoms with Gasteiger partial charge in [0.25, 0.3) is 0 Å². The molecule has 7 heteroatoms. The highest BCUT2D eigenvalue weighted by Gasteiger charge is 2.38. The standard InChI is InChI=1S/C8H14F3NO3/c1-3-15-7(14)5-12(2)4-6(13)8(9,10)11/h6,13H,3-5H2,1-2H3. The van der Waals surface area contributed by atoms with E-state index in [0.717, 1.165) is 4.90 Å². The van der Waals surface area contributed by atoms with Gasteiger partial charge in [0.1, 0.15) is 0 Å². The van der Waals surface area contributed by atoms with Crippen molar-refractivity contribution in [3.05, 3.63) is 0 Å². The first-order chi connectivity index (χ1) is 6.77. The van der Waals surface area contributed by atoms with Crippen molar-refractivity contribution in [2.45, 2.75) is 19.2 Å². The number of ether oxygens (including phenoxy) is 1. The molecule has 0 aromatic rings. The zero-order valence-electron chi connectivity index (χ0n) is 8.54. The van der Waals surface area contributed by atoms with Gasteiger partial charge in [-0.25, -0.2) is 0 Å². The molecule has 0 aromatic carbocycles. The maximum Gasteiger partial charge on any atom is 0.415 e. The van der Waals surface area contributed by atoms with Crippen molar-refractivity contribution in [1.82, 2.24) is 4.90 Å². The number of hydrogen-bond acceptors (Lipinski definition) is 4. The van der Waals surface area contributed by atoms with Gasteiger partial charge in [0, 0.05) is 6.54 Å². The fraction of sp³-hybridized carbons (Fsp3) is 0.875. The molecule has 0 aliphatic heterocycles. The summed E-state index contributed by atoms with van der Waals surface area (Å²) in [5, 5.41) is 8.68. The number of carbonyl (C=O) groups excluding carboxylic acids is 1. The number of esters is 1. The second-order valence-electron chi connectivity index (χ2n) is 3.06. The van der Waals surface area contributed by atoms with Crippen LogP contribution in [0.1, 0.15) is 6.92 Å². The van der Waals surface area contributed by atoms with Crippen LogP contribution in [-0.4, -0.2) is 55.0 Å². The summed E-state index contributed by atoms with van der Waals surface area (Å²) in [6.45, 7) is 0.847. The van der Waals surface area contributed by atoms with Crippen molar-refractivity contribution in [3.63, 3.8) is 0 Å². The van der Waals surface area contributed by atoms with Crippen molar-refractivity contribution < 1.29 is 27.8 Å². The van der Waals surface area contributed by atoms with E-state index in [9.17, 15) is 18.0 Å². The van der Waals surface area contributed by atoms with Gasteiger partial charge >= 0.3 is 12.1 Å². The summed E-state index contributed by atoms with van der Waals surface area (Å²) in [4.78, 5) is 11.9. The third kappa shape index (κ3) is 6.29. The Balaban J connectivity index is 3.93. The molecule has 1 unspecified atom stereocenters. The van der Waals surface area contributed by atoms with Gasteiger partial charge < -0.3 is 9.84 Å². The van der Waals surface area contributed by atoms with Crippen LogP contribution >= 0.6 is 0 Å². The molecule has 0 bridgehead atoms. The number of rotatable bonds is 5. The summed E-state index contributed by atoms with van der Waals surface area (Å²) in [6, 6.07) is 0. The van der Waals surface area contributed by atoms with Crippen LogP contribution in [-0.2, 0) is 9.53 Å². The smallest absolute Gasteiger partial charge is 0.415 e. The van der Waals surface area contributed by atoms with Gasteiger partial charge in [0.05, 0.1) is 13.2 Å². The summed E-state index contributed by atoms with van der Waals surface area (Å²) in [5.74, 6) is -0.616. The highest BCUT2D eigenvalue weighted by Crippen LogP contribution is 2.20. The zero-order valence-corrected chi connectivity index (χ0v) is 8.54. The van der Waals surface area contributed by atoms with E-state index in [1.165, 1.54) is 7.05 Å². The molecule has 0 saturated heterocycles. The lowest BCUT2D eigenvalue weighted by Crippen LogP contribution is -2.41. The fourth-order valence-electron chi connectivity index (χ4n) is 0.890. The minimum atomic E-state index is -4.66. The monoisotopic (exact) mass is 229 g/mol. The molecular formula is C8H14F3NO3. The Hall–Kier alpha value is -0.820. The van der Waals surface area contributed by atoms with Crippen LogP contribution in [0.25, 0.3) is 0 Å². The van der Waals surface area contributed by atoms with Gasteiger partial charge in [-0.2, -0.15) is 13.2 Å². The van der Waals surface area contributed by atoms with Crippen LogP contribution in [0, 0.1) is 0 Å². The maximum atomic E-state index is 11.9. The lowest BCUT2D eigenvalue weighted by Gasteiger charge is -2.21. The van der Waals surface area contributed by atoms with Gasteiger partial charge in [-0.15, -0.1) is 0 Å². The quantitative estimate of drug-likeness (QED) is 0.693. The van der Waals surface area contributed by atoms with Gasteiger partial charge in [0.15, 0.2) is 6.10 Å². The molecule has 0 spiro atoms. The first-order valence-electron chi connectivity index (χ1n) is 4.36. The molecule has 0 amide bonds. The third-order valence-electron chi connectivity index (χ3n) is 1.57. The summed E-state index contributed by atoms with van der Waals surface area (Å²) >= 11 is 0. The minimum absolute atomic E-state index is 0.175. The summed E-state index contributed by atoms with van der Waals surface area (Å²) in [6.07, 6.45) is -7.11. The van der Waals surface area contributed by atoms with E-state index in [1.54, 1.807) is 6.92 Å². The molecule has 0 rings (SSSR count). The van der Waals surface area contributed by atoms with Crippen molar-refractivity contribution in [2.75, 3.05) is 26.7 Å². The average Bonchev–Trinajstić information content (AvgIpc) is 2.01. The lowest BCUT2D eigenvalue weighted by molar-refractivity contribution is -0.207. The van der Waals surface area contributed by atoms with E-state index in [-0.39, 0.29) is 13.2 Å². The number of hydrogen-bond donors (Lipinski definition) is 1. The highest BCUT2D eigenvalue weighted by atomic mass is 19.4.